The lowest BCUT2D eigenvalue weighted by atomic mass is 9.82. The second kappa shape index (κ2) is 10.6. The smallest absolute Gasteiger partial charge is 0.106 e. The number of allylic oxidation sites excluding steroid dienone is 5. The number of rotatable bonds is 9. The Kier molecular flexibility index (Phi) is 8.76. The number of ether oxygens (including phenoxy) is 1. The molecule has 2 aliphatic rings. The van der Waals surface area contributed by atoms with Gasteiger partial charge in [-0.25, -0.2) is 8.78 Å². The molecule has 0 aromatic heterocycles. The predicted octanol–water partition coefficient (Wildman–Crippen LogP) is 4.24. The number of nitrogens with one attached hydrogen (secondary N) is 1. The SMILES string of the molecule is CC/C(=C(/C=N)CCC1CO[C@H](C2CC(F)=CC=C2F)[C@@H](N)C1)N(C)CC(C)(C)O. The molecule has 0 amide bonds. The van der Waals surface area contributed by atoms with Crippen LogP contribution in [0.2, 0.25) is 0 Å². The summed E-state index contributed by atoms with van der Waals surface area (Å²) in [4.78, 5) is 2.01. The van der Waals surface area contributed by atoms with Gasteiger partial charge in [0.25, 0.3) is 0 Å². The normalized spacial score (nSPS) is 28.4. The third kappa shape index (κ3) is 6.72. The molecule has 2 rings (SSSR count). The molecule has 30 heavy (non-hydrogen) atoms. The summed E-state index contributed by atoms with van der Waals surface area (Å²) in [5, 5.41) is 18.0. The van der Waals surface area contributed by atoms with Crippen molar-refractivity contribution in [2.75, 3.05) is 20.2 Å². The van der Waals surface area contributed by atoms with Crippen LogP contribution in [-0.2, 0) is 4.74 Å². The Labute approximate surface area is 179 Å². The molecule has 0 aromatic rings. The minimum atomic E-state index is -0.821. The van der Waals surface area contributed by atoms with Crippen molar-refractivity contribution in [3.8, 4) is 0 Å². The van der Waals surface area contributed by atoms with Crippen LogP contribution in [0, 0.1) is 17.2 Å². The van der Waals surface area contributed by atoms with Gasteiger partial charge >= 0.3 is 0 Å². The molecule has 0 aromatic carbocycles. The van der Waals surface area contributed by atoms with Gasteiger partial charge in [-0.3, -0.25) is 0 Å². The highest BCUT2D eigenvalue weighted by atomic mass is 19.1. The summed E-state index contributed by atoms with van der Waals surface area (Å²) in [7, 11) is 1.93. The zero-order chi connectivity index (χ0) is 22.5. The number of hydrogen-bond donors (Lipinski definition) is 3. The maximum atomic E-state index is 14.2. The van der Waals surface area contributed by atoms with Gasteiger partial charge in [0, 0.05) is 50.5 Å². The number of aliphatic hydroxyl groups is 1. The molecule has 5 nitrogen and oxygen atoms in total. The number of hydrogen-bond acceptors (Lipinski definition) is 5. The summed E-state index contributed by atoms with van der Waals surface area (Å²) in [5.74, 6) is -1.15. The lowest BCUT2D eigenvalue weighted by Gasteiger charge is -2.38. The zero-order valence-corrected chi connectivity index (χ0v) is 18.6. The van der Waals surface area contributed by atoms with Crippen molar-refractivity contribution >= 4 is 6.21 Å². The van der Waals surface area contributed by atoms with E-state index in [1.807, 2.05) is 18.9 Å². The van der Waals surface area contributed by atoms with Crippen LogP contribution in [0.3, 0.4) is 0 Å². The van der Waals surface area contributed by atoms with Crippen LogP contribution in [0.1, 0.15) is 52.9 Å². The Hall–Kier alpha value is -1.57. The Morgan fingerprint density at radius 1 is 1.40 bits per heavy atom. The highest BCUT2D eigenvalue weighted by molar-refractivity contribution is 5.76. The fraction of sp³-hybridized carbons (Fsp3) is 0.696. The van der Waals surface area contributed by atoms with Crippen molar-refractivity contribution in [2.24, 2.45) is 17.6 Å². The average molecular weight is 426 g/mol. The number of nitrogens with zero attached hydrogens (tertiary/aromatic N) is 1. The van der Waals surface area contributed by atoms with E-state index >= 15 is 0 Å². The third-order valence-electron chi connectivity index (χ3n) is 5.93. The van der Waals surface area contributed by atoms with Gasteiger partial charge in [-0.2, -0.15) is 0 Å². The topological polar surface area (TPSA) is 82.6 Å². The van der Waals surface area contributed by atoms with Crippen LogP contribution in [-0.4, -0.2) is 54.2 Å². The van der Waals surface area contributed by atoms with Crippen molar-refractivity contribution < 1.29 is 18.6 Å². The number of nitrogens with two attached hydrogens (primary N) is 1. The fourth-order valence-corrected chi connectivity index (χ4v) is 4.59. The van der Waals surface area contributed by atoms with Gasteiger partial charge < -0.3 is 25.9 Å². The lowest BCUT2D eigenvalue weighted by Crippen LogP contribution is -2.48. The van der Waals surface area contributed by atoms with Gasteiger partial charge in [-0.1, -0.05) is 6.92 Å². The van der Waals surface area contributed by atoms with Crippen LogP contribution in [0.4, 0.5) is 8.78 Å². The fourth-order valence-electron chi connectivity index (χ4n) is 4.59. The summed E-state index contributed by atoms with van der Waals surface area (Å²) >= 11 is 0. The van der Waals surface area contributed by atoms with Crippen LogP contribution in [0.15, 0.2) is 35.1 Å². The molecule has 4 atom stereocenters. The Morgan fingerprint density at radius 3 is 2.67 bits per heavy atom. The van der Waals surface area contributed by atoms with Crippen LogP contribution in [0.25, 0.3) is 0 Å². The van der Waals surface area contributed by atoms with Crippen molar-refractivity contribution in [2.45, 2.75) is 70.6 Å². The van der Waals surface area contributed by atoms with E-state index in [0.29, 0.717) is 26.0 Å². The standard InChI is InChI=1S/C23H37F2N3O2/c1-5-21(28(4)14-23(2,3)29)16(12-26)7-6-15-10-20(27)22(30-13-15)18-11-17(24)8-9-19(18)25/h8-9,12,15,18,20,22,26,29H,5-7,10-11,13-14,27H2,1-4H3/b21-16-,26-12?/t15?,18?,20-,22+/m0/s1. The van der Waals surface area contributed by atoms with Gasteiger partial charge in [0.1, 0.15) is 11.7 Å². The van der Waals surface area contributed by atoms with Crippen molar-refractivity contribution in [1.82, 2.24) is 4.90 Å². The first-order valence-corrected chi connectivity index (χ1v) is 10.8. The second-order valence-electron chi connectivity index (χ2n) is 9.22. The van der Waals surface area contributed by atoms with Crippen molar-refractivity contribution in [1.29, 1.82) is 5.41 Å². The summed E-state index contributed by atoms with van der Waals surface area (Å²) < 4.78 is 33.7. The van der Waals surface area contributed by atoms with E-state index in [9.17, 15) is 13.9 Å². The Balaban J connectivity index is 1.97. The first-order valence-electron chi connectivity index (χ1n) is 10.8. The van der Waals surface area contributed by atoms with Crippen molar-refractivity contribution in [3.05, 3.63) is 35.1 Å². The van der Waals surface area contributed by atoms with E-state index in [2.05, 4.69) is 0 Å². The van der Waals surface area contributed by atoms with E-state index in [1.165, 1.54) is 12.3 Å². The van der Waals surface area contributed by atoms with Crippen LogP contribution in [0.5, 0.6) is 0 Å². The lowest BCUT2D eigenvalue weighted by molar-refractivity contribution is -0.0588. The quantitative estimate of drug-likeness (QED) is 0.483. The molecule has 1 heterocycles. The molecule has 1 aliphatic carbocycles. The molecule has 1 saturated heterocycles. The van der Waals surface area contributed by atoms with E-state index < -0.39 is 17.6 Å². The summed E-state index contributed by atoms with van der Waals surface area (Å²) in [6.07, 6.45) is 6.18. The van der Waals surface area contributed by atoms with E-state index in [-0.39, 0.29) is 30.0 Å². The predicted molar refractivity (Wildman–Crippen MR) is 117 cm³/mol. The summed E-state index contributed by atoms with van der Waals surface area (Å²) in [6, 6.07) is -0.352. The molecule has 7 heteroatoms. The Morgan fingerprint density at radius 2 is 2.10 bits per heavy atom. The molecule has 170 valence electrons. The molecular weight excluding hydrogens is 388 g/mol. The van der Waals surface area contributed by atoms with Crippen molar-refractivity contribution in [3.63, 3.8) is 0 Å². The molecule has 4 N–H and O–H groups in total. The molecule has 0 spiro atoms. The van der Waals surface area contributed by atoms with Gasteiger partial charge in [-0.15, -0.1) is 0 Å². The van der Waals surface area contributed by atoms with Crippen LogP contribution < -0.4 is 5.73 Å². The van der Waals surface area contributed by atoms with E-state index in [1.54, 1.807) is 13.8 Å². The monoisotopic (exact) mass is 425 g/mol. The van der Waals surface area contributed by atoms with E-state index in [4.69, 9.17) is 15.9 Å². The third-order valence-corrected chi connectivity index (χ3v) is 5.93. The first-order chi connectivity index (χ1) is 14.1. The molecule has 1 aliphatic heterocycles. The largest absolute Gasteiger partial charge is 0.389 e. The molecule has 2 unspecified atom stereocenters. The van der Waals surface area contributed by atoms with Gasteiger partial charge in [0.05, 0.1) is 11.7 Å². The second-order valence-corrected chi connectivity index (χ2v) is 9.22. The zero-order valence-electron chi connectivity index (χ0n) is 18.6. The molecule has 0 saturated carbocycles. The maximum Gasteiger partial charge on any atom is 0.106 e. The average Bonchev–Trinajstić information content (AvgIpc) is 2.65. The molecule has 0 bridgehead atoms. The molecule has 0 radical (unpaired) electrons. The minimum absolute atomic E-state index is 0.000540. The van der Waals surface area contributed by atoms with Gasteiger partial charge in [-0.05, 0) is 63.2 Å². The number of halogens is 2. The maximum absolute atomic E-state index is 14.2. The first kappa shape index (κ1) is 24.7. The van der Waals surface area contributed by atoms with Crippen LogP contribution >= 0.6 is 0 Å². The highest BCUT2D eigenvalue weighted by Crippen LogP contribution is 2.36. The molecular formula is C23H37F2N3O2. The van der Waals surface area contributed by atoms with Gasteiger partial charge in [0.15, 0.2) is 0 Å². The number of likely N-dealkylation sites (N-methyl/N-ethyl adjacent to an activating group) is 1. The molecule has 1 fully saturated rings. The summed E-state index contributed by atoms with van der Waals surface area (Å²) in [5.41, 5.74) is 7.46. The Bertz CT molecular complexity index is 697. The minimum Gasteiger partial charge on any atom is -0.389 e. The van der Waals surface area contributed by atoms with Gasteiger partial charge in [0.2, 0.25) is 0 Å². The summed E-state index contributed by atoms with van der Waals surface area (Å²) in [6.45, 7) is 6.52. The van der Waals surface area contributed by atoms with E-state index in [0.717, 1.165) is 30.2 Å². The highest BCUT2D eigenvalue weighted by Gasteiger charge is 2.38.